The van der Waals surface area contributed by atoms with Gasteiger partial charge in [0.05, 0.1) is 5.69 Å². The van der Waals surface area contributed by atoms with Gasteiger partial charge in [-0.1, -0.05) is 13.0 Å². The molecular weight excluding hydrogens is 196 g/mol. The van der Waals surface area contributed by atoms with Gasteiger partial charge in [0.2, 0.25) is 0 Å². The number of hydrogen-bond acceptors (Lipinski definition) is 2. The number of nitrogen functional groups attached to an aromatic ring is 1. The molecule has 0 saturated heterocycles. The van der Waals surface area contributed by atoms with E-state index in [1.807, 2.05) is 29.4 Å². The molecule has 1 aromatic rings. The van der Waals surface area contributed by atoms with E-state index >= 15 is 0 Å². The van der Waals surface area contributed by atoms with E-state index in [0.29, 0.717) is 5.75 Å². The Morgan fingerprint density at radius 1 is 1.57 bits per heavy atom. The molecule has 14 heavy (non-hydrogen) atoms. The lowest BCUT2D eigenvalue weighted by atomic mass is 10.1. The fraction of sp³-hybridized carbons (Fsp3) is 0.400. The van der Waals surface area contributed by atoms with Crippen LogP contribution in [0.15, 0.2) is 18.2 Å². The zero-order valence-electron chi connectivity index (χ0n) is 8.19. The molecule has 0 bridgehead atoms. The molecule has 0 spiro atoms. The second kappa shape index (κ2) is 3.61. The molecule has 0 aromatic heterocycles. The fourth-order valence-electron chi connectivity index (χ4n) is 1.80. The molecule has 0 aliphatic carbocycles. The molecular formula is C10H14N2OS. The van der Waals surface area contributed by atoms with Crippen LogP contribution in [-0.4, -0.2) is 16.5 Å². The summed E-state index contributed by atoms with van der Waals surface area (Å²) in [5, 5.41) is 0. The standard InChI is InChI=1S/C10H14N2OS/c1-2-14(13)12-7-6-8-9(11)4-3-5-10(8)12/h3-5H,2,6-7,11H2,1H3. The number of benzene rings is 1. The van der Waals surface area contributed by atoms with Crippen LogP contribution in [0, 0.1) is 0 Å². The van der Waals surface area contributed by atoms with Crippen molar-refractivity contribution in [3.8, 4) is 0 Å². The van der Waals surface area contributed by atoms with Crippen molar-refractivity contribution in [2.45, 2.75) is 13.3 Å². The SMILES string of the molecule is CCS(=O)N1CCc2c(N)cccc21. The average Bonchev–Trinajstić information content (AvgIpc) is 2.62. The quantitative estimate of drug-likeness (QED) is 0.748. The summed E-state index contributed by atoms with van der Waals surface area (Å²) < 4.78 is 13.6. The fourth-order valence-corrected chi connectivity index (χ4v) is 2.80. The van der Waals surface area contributed by atoms with Gasteiger partial charge in [-0.15, -0.1) is 0 Å². The highest BCUT2D eigenvalue weighted by Gasteiger charge is 2.23. The minimum absolute atomic E-state index is 0.661. The molecule has 0 radical (unpaired) electrons. The minimum Gasteiger partial charge on any atom is -0.398 e. The first-order chi connectivity index (χ1) is 6.74. The number of anilines is 2. The monoisotopic (exact) mass is 210 g/mol. The largest absolute Gasteiger partial charge is 0.398 e. The summed E-state index contributed by atoms with van der Waals surface area (Å²) >= 11 is 0. The van der Waals surface area contributed by atoms with E-state index < -0.39 is 11.0 Å². The average molecular weight is 210 g/mol. The number of fused-ring (bicyclic) bond motifs is 1. The summed E-state index contributed by atoms with van der Waals surface area (Å²) in [5.74, 6) is 0.661. The van der Waals surface area contributed by atoms with Crippen LogP contribution < -0.4 is 10.0 Å². The first kappa shape index (κ1) is 9.52. The molecule has 0 fully saturated rings. The normalized spacial score (nSPS) is 16.8. The third kappa shape index (κ3) is 1.39. The van der Waals surface area contributed by atoms with Gasteiger partial charge < -0.3 is 5.73 Å². The molecule has 1 aromatic carbocycles. The van der Waals surface area contributed by atoms with Crippen molar-refractivity contribution in [3.05, 3.63) is 23.8 Å². The molecule has 1 unspecified atom stereocenters. The van der Waals surface area contributed by atoms with Gasteiger partial charge in [0.1, 0.15) is 11.0 Å². The maximum Gasteiger partial charge on any atom is 0.119 e. The van der Waals surface area contributed by atoms with Crippen molar-refractivity contribution >= 4 is 22.4 Å². The highest BCUT2D eigenvalue weighted by molar-refractivity contribution is 7.86. The molecule has 76 valence electrons. The van der Waals surface area contributed by atoms with Crippen LogP contribution in [0.25, 0.3) is 0 Å². The Morgan fingerprint density at radius 2 is 2.36 bits per heavy atom. The lowest BCUT2D eigenvalue weighted by Gasteiger charge is -2.16. The number of rotatable bonds is 2. The topological polar surface area (TPSA) is 46.3 Å². The summed E-state index contributed by atoms with van der Waals surface area (Å²) in [6, 6.07) is 5.81. The molecule has 2 rings (SSSR count). The van der Waals surface area contributed by atoms with Crippen LogP contribution in [0.1, 0.15) is 12.5 Å². The van der Waals surface area contributed by atoms with E-state index in [-0.39, 0.29) is 0 Å². The van der Waals surface area contributed by atoms with E-state index in [4.69, 9.17) is 5.73 Å². The predicted molar refractivity (Wildman–Crippen MR) is 60.6 cm³/mol. The van der Waals surface area contributed by atoms with Crippen LogP contribution in [0.4, 0.5) is 11.4 Å². The van der Waals surface area contributed by atoms with Crippen molar-refractivity contribution in [2.75, 3.05) is 22.3 Å². The summed E-state index contributed by atoms with van der Waals surface area (Å²) in [7, 11) is -0.894. The van der Waals surface area contributed by atoms with Gasteiger partial charge >= 0.3 is 0 Å². The van der Waals surface area contributed by atoms with Gasteiger partial charge in [0, 0.05) is 23.5 Å². The van der Waals surface area contributed by atoms with E-state index in [9.17, 15) is 4.21 Å². The third-order valence-corrected chi connectivity index (χ3v) is 3.88. The Bertz CT molecular complexity index is 378. The van der Waals surface area contributed by atoms with E-state index in [1.54, 1.807) is 0 Å². The van der Waals surface area contributed by atoms with Crippen LogP contribution in [0.5, 0.6) is 0 Å². The summed E-state index contributed by atoms with van der Waals surface area (Å²) in [5.41, 5.74) is 8.86. The lowest BCUT2D eigenvalue weighted by molar-refractivity contribution is 0.681. The van der Waals surface area contributed by atoms with Crippen molar-refractivity contribution in [3.63, 3.8) is 0 Å². The second-order valence-corrected chi connectivity index (χ2v) is 4.97. The first-order valence-corrected chi connectivity index (χ1v) is 6.05. The molecule has 0 amide bonds. The lowest BCUT2D eigenvalue weighted by Crippen LogP contribution is -2.24. The molecule has 4 heteroatoms. The number of nitrogens with two attached hydrogens (primary N) is 1. The van der Waals surface area contributed by atoms with Crippen LogP contribution in [0.3, 0.4) is 0 Å². The predicted octanol–water partition coefficient (Wildman–Crippen LogP) is 1.31. The van der Waals surface area contributed by atoms with E-state index in [0.717, 1.165) is 29.9 Å². The Labute approximate surface area is 86.5 Å². The number of nitrogens with zero attached hydrogens (tertiary/aromatic N) is 1. The Hall–Kier alpha value is -1.03. The second-order valence-electron chi connectivity index (χ2n) is 3.31. The van der Waals surface area contributed by atoms with Gasteiger partial charge in [0.15, 0.2) is 0 Å². The van der Waals surface area contributed by atoms with E-state index in [2.05, 4.69) is 0 Å². The summed E-state index contributed by atoms with van der Waals surface area (Å²) in [4.78, 5) is 0. The number of hydrogen-bond donors (Lipinski definition) is 1. The molecule has 2 N–H and O–H groups in total. The minimum atomic E-state index is -0.894. The van der Waals surface area contributed by atoms with Crippen molar-refractivity contribution in [1.29, 1.82) is 0 Å². The van der Waals surface area contributed by atoms with Crippen molar-refractivity contribution < 1.29 is 4.21 Å². The van der Waals surface area contributed by atoms with Gasteiger partial charge in [-0.25, -0.2) is 4.21 Å². The molecule has 0 saturated carbocycles. The molecule has 1 aliphatic heterocycles. The van der Waals surface area contributed by atoms with Gasteiger partial charge in [-0.2, -0.15) is 0 Å². The first-order valence-electron chi connectivity index (χ1n) is 4.77. The van der Waals surface area contributed by atoms with Crippen LogP contribution in [0.2, 0.25) is 0 Å². The zero-order chi connectivity index (χ0) is 10.1. The summed E-state index contributed by atoms with van der Waals surface area (Å²) in [6.45, 7) is 2.75. The smallest absolute Gasteiger partial charge is 0.119 e. The molecule has 1 aliphatic rings. The van der Waals surface area contributed by atoms with Crippen molar-refractivity contribution in [1.82, 2.24) is 0 Å². The Kier molecular flexibility index (Phi) is 2.46. The maximum absolute atomic E-state index is 11.7. The van der Waals surface area contributed by atoms with Crippen LogP contribution >= 0.6 is 0 Å². The maximum atomic E-state index is 11.7. The highest BCUT2D eigenvalue weighted by atomic mass is 32.2. The van der Waals surface area contributed by atoms with Gasteiger partial charge in [-0.05, 0) is 18.6 Å². The van der Waals surface area contributed by atoms with Gasteiger partial charge in [0.25, 0.3) is 0 Å². The van der Waals surface area contributed by atoms with Gasteiger partial charge in [-0.3, -0.25) is 4.31 Å². The molecule has 1 heterocycles. The van der Waals surface area contributed by atoms with Crippen LogP contribution in [-0.2, 0) is 17.4 Å². The van der Waals surface area contributed by atoms with Crippen molar-refractivity contribution in [2.24, 2.45) is 0 Å². The molecule has 1 atom stereocenters. The Balaban J connectivity index is 2.40. The highest BCUT2D eigenvalue weighted by Crippen LogP contribution is 2.32. The Morgan fingerprint density at radius 3 is 3.07 bits per heavy atom. The van der Waals surface area contributed by atoms with E-state index in [1.165, 1.54) is 0 Å². The zero-order valence-corrected chi connectivity index (χ0v) is 9.01. The molecule has 3 nitrogen and oxygen atoms in total. The summed E-state index contributed by atoms with van der Waals surface area (Å²) in [6.07, 6.45) is 0.910. The third-order valence-electron chi connectivity index (χ3n) is 2.51.